The molecule has 1 amide bonds. The lowest BCUT2D eigenvalue weighted by atomic mass is 10.0. The smallest absolute Gasteiger partial charge is 0.273 e. The molecule has 1 fully saturated rings. The van der Waals surface area contributed by atoms with Gasteiger partial charge in [-0.05, 0) is 24.4 Å². The van der Waals surface area contributed by atoms with Gasteiger partial charge in [0, 0.05) is 10.7 Å². The number of nitrogens with one attached hydrogen (secondary N) is 1. The third-order valence-electron chi connectivity index (χ3n) is 2.79. The van der Waals surface area contributed by atoms with Crippen LogP contribution in [-0.4, -0.2) is 26.4 Å². The molecule has 4 nitrogen and oxygen atoms in total. The second kappa shape index (κ2) is 4.57. The first-order valence-corrected chi connectivity index (χ1v) is 6.87. The van der Waals surface area contributed by atoms with Crippen LogP contribution in [0.15, 0.2) is 5.38 Å². The highest BCUT2D eigenvalue weighted by atomic mass is 79.9. The predicted molar refractivity (Wildman–Crippen MR) is 62.4 cm³/mol. The summed E-state index contributed by atoms with van der Waals surface area (Å²) < 4.78 is 3.69. The van der Waals surface area contributed by atoms with E-state index in [1.54, 1.807) is 5.38 Å². The van der Waals surface area contributed by atoms with Crippen LogP contribution in [0.3, 0.4) is 0 Å². The Hall–Kier alpha value is -0.490. The molecule has 1 aliphatic carbocycles. The summed E-state index contributed by atoms with van der Waals surface area (Å²) in [6, 6.07) is 0. The van der Waals surface area contributed by atoms with E-state index in [1.165, 1.54) is 24.4 Å². The van der Waals surface area contributed by atoms with Crippen LogP contribution in [0.2, 0.25) is 0 Å². The first-order valence-electron chi connectivity index (χ1n) is 4.91. The third kappa shape index (κ3) is 2.36. The molecule has 82 valence electrons. The van der Waals surface area contributed by atoms with Gasteiger partial charge in [-0.15, -0.1) is 5.10 Å². The summed E-state index contributed by atoms with van der Waals surface area (Å²) in [5, 5.41) is 9.31. The minimum Gasteiger partial charge on any atom is -0.344 e. The number of alkyl halides is 1. The van der Waals surface area contributed by atoms with E-state index in [0.717, 1.165) is 18.2 Å². The number of nitrogens with zero attached hydrogens (tertiary/aromatic N) is 2. The lowest BCUT2D eigenvalue weighted by molar-refractivity contribution is 0.0905. The average Bonchev–Trinajstić information content (AvgIpc) is 2.88. The summed E-state index contributed by atoms with van der Waals surface area (Å²) in [4.78, 5) is 11.8. The van der Waals surface area contributed by atoms with Crippen molar-refractivity contribution >= 4 is 33.4 Å². The molecule has 0 unspecified atom stereocenters. The molecule has 1 aromatic rings. The Balaban J connectivity index is 2.04. The van der Waals surface area contributed by atoms with Crippen molar-refractivity contribution in [2.75, 3.05) is 5.33 Å². The molecule has 1 N–H and O–H groups in total. The number of halogens is 1. The lowest BCUT2D eigenvalue weighted by Crippen LogP contribution is -2.47. The molecular formula is C9H12BrN3OS. The highest BCUT2D eigenvalue weighted by molar-refractivity contribution is 9.09. The average molecular weight is 290 g/mol. The standard InChI is InChI=1S/C9H12BrN3OS/c10-6-9(3-1-2-4-9)11-8(14)7-5-15-13-12-7/h5H,1-4,6H2,(H,11,14). The van der Waals surface area contributed by atoms with Gasteiger partial charge in [0.15, 0.2) is 5.69 Å². The van der Waals surface area contributed by atoms with E-state index in [4.69, 9.17) is 0 Å². The van der Waals surface area contributed by atoms with E-state index in [0.29, 0.717) is 5.69 Å². The maximum atomic E-state index is 11.8. The molecule has 1 aromatic heterocycles. The third-order valence-corrected chi connectivity index (χ3v) is 4.37. The zero-order valence-corrected chi connectivity index (χ0v) is 10.6. The van der Waals surface area contributed by atoms with Crippen LogP contribution in [0.5, 0.6) is 0 Å². The fourth-order valence-corrected chi connectivity index (χ4v) is 3.05. The van der Waals surface area contributed by atoms with Crippen LogP contribution < -0.4 is 5.32 Å². The molecule has 6 heteroatoms. The van der Waals surface area contributed by atoms with Gasteiger partial charge in [0.05, 0.1) is 5.54 Å². The SMILES string of the molecule is O=C(NC1(CBr)CCCC1)c1csnn1. The largest absolute Gasteiger partial charge is 0.344 e. The molecule has 1 heterocycles. The number of hydrogen-bond acceptors (Lipinski definition) is 4. The van der Waals surface area contributed by atoms with Crippen LogP contribution in [-0.2, 0) is 0 Å². The molecule has 0 radical (unpaired) electrons. The summed E-state index contributed by atoms with van der Waals surface area (Å²) in [6.45, 7) is 0. The summed E-state index contributed by atoms with van der Waals surface area (Å²) >= 11 is 4.68. The van der Waals surface area contributed by atoms with Crippen LogP contribution >= 0.6 is 27.5 Å². The number of carbonyl (C=O) groups excluding carboxylic acids is 1. The Morgan fingerprint density at radius 1 is 1.60 bits per heavy atom. The molecule has 0 aromatic carbocycles. The highest BCUT2D eigenvalue weighted by Crippen LogP contribution is 2.31. The van der Waals surface area contributed by atoms with Crippen molar-refractivity contribution in [2.24, 2.45) is 0 Å². The number of amides is 1. The Labute approximate surface area is 101 Å². The van der Waals surface area contributed by atoms with E-state index < -0.39 is 0 Å². The minimum atomic E-state index is -0.106. The number of carbonyl (C=O) groups is 1. The van der Waals surface area contributed by atoms with Gasteiger partial charge >= 0.3 is 0 Å². The van der Waals surface area contributed by atoms with Crippen LogP contribution in [0.1, 0.15) is 36.2 Å². The Kier molecular flexibility index (Phi) is 3.35. The second-order valence-electron chi connectivity index (χ2n) is 3.87. The zero-order valence-electron chi connectivity index (χ0n) is 8.20. The van der Waals surface area contributed by atoms with Gasteiger partial charge in [-0.2, -0.15) is 0 Å². The first-order chi connectivity index (χ1) is 7.26. The first kappa shape index (κ1) is 11.0. The lowest BCUT2D eigenvalue weighted by Gasteiger charge is -2.27. The van der Waals surface area contributed by atoms with Gasteiger partial charge in [-0.1, -0.05) is 33.3 Å². The van der Waals surface area contributed by atoms with E-state index in [1.807, 2.05) is 0 Å². The normalized spacial score (nSPS) is 19.0. The number of aromatic nitrogens is 2. The van der Waals surface area contributed by atoms with Crippen molar-refractivity contribution in [1.29, 1.82) is 0 Å². The van der Waals surface area contributed by atoms with Crippen LogP contribution in [0.4, 0.5) is 0 Å². The number of hydrogen-bond donors (Lipinski definition) is 1. The monoisotopic (exact) mass is 289 g/mol. The molecule has 0 saturated heterocycles. The quantitative estimate of drug-likeness (QED) is 0.866. The van der Waals surface area contributed by atoms with Gasteiger partial charge in [0.1, 0.15) is 0 Å². The summed E-state index contributed by atoms with van der Waals surface area (Å²) in [7, 11) is 0. The summed E-state index contributed by atoms with van der Waals surface area (Å²) in [5.41, 5.74) is 0.355. The van der Waals surface area contributed by atoms with E-state index in [-0.39, 0.29) is 11.4 Å². The molecule has 0 aliphatic heterocycles. The molecule has 0 spiro atoms. The predicted octanol–water partition coefficient (Wildman–Crippen LogP) is 1.98. The maximum Gasteiger partial charge on any atom is 0.273 e. The fraction of sp³-hybridized carbons (Fsp3) is 0.667. The van der Waals surface area contributed by atoms with Crippen molar-refractivity contribution in [3.8, 4) is 0 Å². The Morgan fingerprint density at radius 3 is 2.87 bits per heavy atom. The molecule has 1 aliphatic rings. The van der Waals surface area contributed by atoms with Gasteiger partial charge in [0.25, 0.3) is 5.91 Å². The minimum absolute atomic E-state index is 0.0687. The fourth-order valence-electron chi connectivity index (χ4n) is 1.91. The van der Waals surface area contributed by atoms with Crippen molar-refractivity contribution in [3.63, 3.8) is 0 Å². The summed E-state index contributed by atoms with van der Waals surface area (Å²) in [5.74, 6) is -0.106. The maximum absolute atomic E-state index is 11.8. The number of rotatable bonds is 3. The van der Waals surface area contributed by atoms with Crippen molar-refractivity contribution in [3.05, 3.63) is 11.1 Å². The molecule has 1 saturated carbocycles. The Morgan fingerprint density at radius 2 is 2.33 bits per heavy atom. The molecule has 0 bridgehead atoms. The topological polar surface area (TPSA) is 54.9 Å². The van der Waals surface area contributed by atoms with Crippen LogP contribution in [0.25, 0.3) is 0 Å². The van der Waals surface area contributed by atoms with Crippen molar-refractivity contribution in [2.45, 2.75) is 31.2 Å². The molecule has 0 atom stereocenters. The van der Waals surface area contributed by atoms with Crippen molar-refractivity contribution < 1.29 is 4.79 Å². The summed E-state index contributed by atoms with van der Waals surface area (Å²) in [6.07, 6.45) is 4.45. The van der Waals surface area contributed by atoms with Gasteiger partial charge in [-0.3, -0.25) is 4.79 Å². The molecule has 2 rings (SSSR count). The molecule has 15 heavy (non-hydrogen) atoms. The van der Waals surface area contributed by atoms with Gasteiger partial charge in [-0.25, -0.2) is 0 Å². The van der Waals surface area contributed by atoms with Crippen LogP contribution in [0, 0.1) is 0 Å². The van der Waals surface area contributed by atoms with E-state index >= 15 is 0 Å². The molecular weight excluding hydrogens is 278 g/mol. The Bertz CT molecular complexity index is 335. The van der Waals surface area contributed by atoms with Crippen molar-refractivity contribution in [1.82, 2.24) is 14.9 Å². The highest BCUT2D eigenvalue weighted by Gasteiger charge is 2.34. The zero-order chi connectivity index (χ0) is 10.7. The van der Waals surface area contributed by atoms with Gasteiger partial charge < -0.3 is 5.32 Å². The van der Waals surface area contributed by atoms with E-state index in [2.05, 4.69) is 30.8 Å². The van der Waals surface area contributed by atoms with E-state index in [9.17, 15) is 4.79 Å². The van der Waals surface area contributed by atoms with Gasteiger partial charge in [0.2, 0.25) is 0 Å². The second-order valence-corrected chi connectivity index (χ2v) is 5.04.